The molecule has 0 heterocycles. The first kappa shape index (κ1) is 15.5. The molecule has 1 aromatic rings. The Bertz CT molecular complexity index is 504. The topological polar surface area (TPSA) is 78.4 Å². The largest absolute Gasteiger partial charge is 0.480 e. The first-order valence-electron chi connectivity index (χ1n) is 5.73. The Morgan fingerprint density at radius 2 is 1.68 bits per heavy atom. The molecule has 1 aromatic carbocycles. The van der Waals surface area contributed by atoms with Crippen LogP contribution in [0, 0.1) is 13.8 Å². The van der Waals surface area contributed by atoms with Crippen molar-refractivity contribution in [1.82, 2.24) is 5.32 Å². The van der Waals surface area contributed by atoms with Crippen molar-refractivity contribution >= 4 is 33.6 Å². The monoisotopic (exact) mass is 328 g/mol. The van der Waals surface area contributed by atoms with Gasteiger partial charge in [-0.25, -0.2) is 9.59 Å². The van der Waals surface area contributed by atoms with Crippen LogP contribution >= 0.6 is 15.9 Å². The van der Waals surface area contributed by atoms with E-state index in [1.807, 2.05) is 26.0 Å². The van der Waals surface area contributed by atoms with E-state index in [2.05, 4.69) is 26.6 Å². The van der Waals surface area contributed by atoms with Crippen LogP contribution in [0.4, 0.5) is 10.5 Å². The van der Waals surface area contributed by atoms with Crippen LogP contribution in [-0.4, -0.2) is 22.6 Å². The zero-order chi connectivity index (χ0) is 14.8. The van der Waals surface area contributed by atoms with Crippen molar-refractivity contribution < 1.29 is 14.7 Å². The second kappa shape index (κ2) is 5.61. The SMILES string of the molecule is Cc1cc(NC(=O)NC(C)(C)C(=O)O)cc(C)c1Br. The smallest absolute Gasteiger partial charge is 0.328 e. The maximum absolute atomic E-state index is 11.7. The average Bonchev–Trinajstić information content (AvgIpc) is 2.24. The molecule has 1 rings (SSSR count). The number of nitrogens with one attached hydrogen (secondary N) is 2. The van der Waals surface area contributed by atoms with E-state index in [0.29, 0.717) is 5.69 Å². The van der Waals surface area contributed by atoms with Gasteiger partial charge in [-0.1, -0.05) is 15.9 Å². The Hall–Kier alpha value is -1.56. The molecule has 2 amide bonds. The quantitative estimate of drug-likeness (QED) is 0.797. The predicted molar refractivity (Wildman–Crippen MR) is 77.5 cm³/mol. The first-order chi connectivity index (χ1) is 8.63. The van der Waals surface area contributed by atoms with Crippen LogP contribution in [-0.2, 0) is 4.79 Å². The number of benzene rings is 1. The van der Waals surface area contributed by atoms with Gasteiger partial charge >= 0.3 is 12.0 Å². The third kappa shape index (κ3) is 3.96. The van der Waals surface area contributed by atoms with Crippen LogP contribution in [0.5, 0.6) is 0 Å². The number of carbonyl (C=O) groups excluding carboxylic acids is 1. The third-order valence-corrected chi connectivity index (χ3v) is 3.91. The number of hydrogen-bond acceptors (Lipinski definition) is 2. The molecular formula is C13H17BrN2O3. The molecule has 0 atom stereocenters. The van der Waals surface area contributed by atoms with Gasteiger partial charge in [-0.15, -0.1) is 0 Å². The van der Waals surface area contributed by atoms with Crippen molar-refractivity contribution in [1.29, 1.82) is 0 Å². The van der Waals surface area contributed by atoms with Crippen LogP contribution in [0.2, 0.25) is 0 Å². The number of carboxylic acid groups (broad SMARTS) is 1. The van der Waals surface area contributed by atoms with E-state index in [-0.39, 0.29) is 0 Å². The summed E-state index contributed by atoms with van der Waals surface area (Å²) in [5, 5.41) is 14.0. The first-order valence-corrected chi connectivity index (χ1v) is 6.52. The van der Waals surface area contributed by atoms with Gasteiger partial charge in [0.25, 0.3) is 0 Å². The number of carbonyl (C=O) groups is 2. The minimum atomic E-state index is -1.32. The van der Waals surface area contributed by atoms with Crippen LogP contribution in [0.3, 0.4) is 0 Å². The molecule has 5 nitrogen and oxygen atoms in total. The standard InChI is InChI=1S/C13H17BrN2O3/c1-7-5-9(6-8(2)10(7)14)15-12(19)16-13(3,4)11(17)18/h5-6H,1-4H3,(H,17,18)(H2,15,16,19). The van der Waals surface area contributed by atoms with Crippen LogP contribution in [0.15, 0.2) is 16.6 Å². The van der Waals surface area contributed by atoms with Crippen LogP contribution in [0.25, 0.3) is 0 Å². The summed E-state index contributed by atoms with van der Waals surface area (Å²) in [6, 6.07) is 3.07. The molecule has 0 saturated carbocycles. The van der Waals surface area contributed by atoms with Crippen molar-refractivity contribution in [3.05, 3.63) is 27.7 Å². The molecule has 0 aliphatic carbocycles. The van der Waals surface area contributed by atoms with Gasteiger partial charge in [-0.05, 0) is 51.0 Å². The van der Waals surface area contributed by atoms with Crippen molar-refractivity contribution in [2.75, 3.05) is 5.32 Å². The molecular weight excluding hydrogens is 312 g/mol. The van der Waals surface area contributed by atoms with Crippen molar-refractivity contribution in [3.63, 3.8) is 0 Å². The maximum Gasteiger partial charge on any atom is 0.328 e. The zero-order valence-corrected chi connectivity index (χ0v) is 12.9. The summed E-state index contributed by atoms with van der Waals surface area (Å²) in [7, 11) is 0. The van der Waals surface area contributed by atoms with Gasteiger partial charge < -0.3 is 15.7 Å². The van der Waals surface area contributed by atoms with Crippen LogP contribution < -0.4 is 10.6 Å². The summed E-state index contributed by atoms with van der Waals surface area (Å²) in [5.41, 5.74) is 1.29. The summed E-state index contributed by atoms with van der Waals surface area (Å²) in [6.07, 6.45) is 0. The average molecular weight is 329 g/mol. The van der Waals surface area contributed by atoms with Crippen molar-refractivity contribution in [3.8, 4) is 0 Å². The lowest BCUT2D eigenvalue weighted by molar-refractivity contribution is -0.142. The highest BCUT2D eigenvalue weighted by molar-refractivity contribution is 9.10. The van der Waals surface area contributed by atoms with Gasteiger partial charge in [0, 0.05) is 10.2 Å². The lowest BCUT2D eigenvalue weighted by atomic mass is 10.1. The molecule has 19 heavy (non-hydrogen) atoms. The number of anilines is 1. The van der Waals surface area contributed by atoms with Crippen molar-refractivity contribution in [2.24, 2.45) is 0 Å². The molecule has 0 aromatic heterocycles. The van der Waals surface area contributed by atoms with E-state index in [1.165, 1.54) is 13.8 Å². The second-order valence-corrected chi connectivity index (χ2v) is 5.73. The summed E-state index contributed by atoms with van der Waals surface area (Å²) in [5.74, 6) is -1.09. The van der Waals surface area contributed by atoms with E-state index in [9.17, 15) is 9.59 Å². The number of amides is 2. The number of carboxylic acids is 1. The van der Waals surface area contributed by atoms with Gasteiger partial charge in [0.05, 0.1) is 0 Å². The van der Waals surface area contributed by atoms with Gasteiger partial charge in [-0.3, -0.25) is 0 Å². The van der Waals surface area contributed by atoms with E-state index in [0.717, 1.165) is 15.6 Å². The fraction of sp³-hybridized carbons (Fsp3) is 0.385. The van der Waals surface area contributed by atoms with Gasteiger partial charge in [0.1, 0.15) is 5.54 Å². The Balaban J connectivity index is 2.81. The maximum atomic E-state index is 11.7. The second-order valence-electron chi connectivity index (χ2n) is 4.93. The molecule has 0 fully saturated rings. The third-order valence-electron chi connectivity index (χ3n) is 2.66. The highest BCUT2D eigenvalue weighted by Crippen LogP contribution is 2.24. The predicted octanol–water partition coefficient (Wildman–Crippen LogP) is 3.05. The number of aryl methyl sites for hydroxylation is 2. The normalized spacial score (nSPS) is 11.0. The Morgan fingerprint density at radius 3 is 2.11 bits per heavy atom. The summed E-state index contributed by atoms with van der Waals surface area (Å²) in [6.45, 7) is 6.68. The number of aliphatic carboxylic acids is 1. The minimum Gasteiger partial charge on any atom is -0.480 e. The van der Waals surface area contributed by atoms with Gasteiger partial charge in [-0.2, -0.15) is 0 Å². The Labute approximate surface area is 120 Å². The molecule has 6 heteroatoms. The number of urea groups is 1. The summed E-state index contributed by atoms with van der Waals surface area (Å²) >= 11 is 3.44. The zero-order valence-electron chi connectivity index (χ0n) is 11.3. The molecule has 0 unspecified atom stereocenters. The van der Waals surface area contributed by atoms with Crippen molar-refractivity contribution in [2.45, 2.75) is 33.2 Å². The van der Waals surface area contributed by atoms with E-state index < -0.39 is 17.5 Å². The molecule has 0 saturated heterocycles. The fourth-order valence-electron chi connectivity index (χ4n) is 1.52. The lowest BCUT2D eigenvalue weighted by Crippen LogP contribution is -2.51. The molecule has 0 radical (unpaired) electrons. The number of halogens is 1. The molecule has 0 bridgehead atoms. The lowest BCUT2D eigenvalue weighted by Gasteiger charge is -2.21. The Morgan fingerprint density at radius 1 is 1.21 bits per heavy atom. The Kier molecular flexibility index (Phi) is 4.57. The molecule has 0 spiro atoms. The van der Waals surface area contributed by atoms with Crippen LogP contribution in [0.1, 0.15) is 25.0 Å². The molecule has 104 valence electrons. The number of rotatable bonds is 3. The molecule has 3 N–H and O–H groups in total. The number of hydrogen-bond donors (Lipinski definition) is 3. The van der Waals surface area contributed by atoms with E-state index in [4.69, 9.17) is 5.11 Å². The fourth-order valence-corrected chi connectivity index (χ4v) is 1.75. The molecule has 0 aliphatic rings. The summed E-state index contributed by atoms with van der Waals surface area (Å²) in [4.78, 5) is 22.7. The summed E-state index contributed by atoms with van der Waals surface area (Å²) < 4.78 is 0.990. The molecule has 0 aliphatic heterocycles. The minimum absolute atomic E-state index is 0.548. The van der Waals surface area contributed by atoms with Gasteiger partial charge in [0.2, 0.25) is 0 Å². The highest BCUT2D eigenvalue weighted by atomic mass is 79.9. The van der Waals surface area contributed by atoms with E-state index >= 15 is 0 Å². The van der Waals surface area contributed by atoms with E-state index in [1.54, 1.807) is 0 Å². The highest BCUT2D eigenvalue weighted by Gasteiger charge is 2.28. The van der Waals surface area contributed by atoms with Gasteiger partial charge in [0.15, 0.2) is 0 Å².